The van der Waals surface area contributed by atoms with Crippen LogP contribution in [-0.2, 0) is 9.53 Å². The molecule has 0 saturated heterocycles. The minimum Gasteiger partial charge on any atom is -0.469 e. The highest BCUT2D eigenvalue weighted by atomic mass is 19.3. The average Bonchev–Trinajstić information content (AvgIpc) is 2.38. The summed E-state index contributed by atoms with van der Waals surface area (Å²) in [5.41, 5.74) is -0.822. The van der Waals surface area contributed by atoms with Crippen LogP contribution in [0.4, 0.5) is 20.2 Å². The van der Waals surface area contributed by atoms with Crippen molar-refractivity contribution >= 4 is 17.3 Å². The van der Waals surface area contributed by atoms with Crippen molar-refractivity contribution < 1.29 is 23.2 Å². The van der Waals surface area contributed by atoms with Gasteiger partial charge in [0.05, 0.1) is 18.5 Å². The number of rotatable bonds is 6. The zero-order valence-electron chi connectivity index (χ0n) is 10.1. The van der Waals surface area contributed by atoms with Crippen LogP contribution in [0.5, 0.6) is 0 Å². The Hall–Kier alpha value is -2.25. The summed E-state index contributed by atoms with van der Waals surface area (Å²) in [5.74, 6) is -0.479. The average molecular weight is 274 g/mol. The van der Waals surface area contributed by atoms with E-state index in [2.05, 4.69) is 10.1 Å². The molecule has 0 radical (unpaired) electrons. The Morgan fingerprint density at radius 2 is 2.21 bits per heavy atom. The largest absolute Gasteiger partial charge is 0.469 e. The predicted octanol–water partition coefficient (Wildman–Crippen LogP) is 2.51. The van der Waals surface area contributed by atoms with Crippen LogP contribution in [0.15, 0.2) is 18.2 Å². The first-order valence-corrected chi connectivity index (χ1v) is 5.33. The summed E-state index contributed by atoms with van der Waals surface area (Å²) < 4.78 is 29.9. The molecule has 6 nitrogen and oxygen atoms in total. The first kappa shape index (κ1) is 14.8. The van der Waals surface area contributed by atoms with Gasteiger partial charge >= 0.3 is 5.97 Å². The number of hydrogen-bond acceptors (Lipinski definition) is 5. The van der Waals surface area contributed by atoms with E-state index in [0.29, 0.717) is 0 Å². The van der Waals surface area contributed by atoms with Crippen LogP contribution in [0.25, 0.3) is 0 Å². The number of non-ortho nitro benzene ring substituents is 1. The van der Waals surface area contributed by atoms with E-state index in [1.54, 1.807) is 0 Å². The molecule has 0 aromatic heterocycles. The molecule has 19 heavy (non-hydrogen) atoms. The van der Waals surface area contributed by atoms with E-state index in [1.807, 2.05) is 0 Å². The molecular weight excluding hydrogens is 262 g/mol. The Morgan fingerprint density at radius 3 is 2.74 bits per heavy atom. The smallest absolute Gasteiger partial charge is 0.307 e. The van der Waals surface area contributed by atoms with Crippen LogP contribution < -0.4 is 5.32 Å². The lowest BCUT2D eigenvalue weighted by Gasteiger charge is -2.10. The maximum absolute atomic E-state index is 12.8. The van der Waals surface area contributed by atoms with E-state index in [-0.39, 0.29) is 18.7 Å². The number of nitro groups is 1. The summed E-state index contributed by atoms with van der Waals surface area (Å²) >= 11 is 0. The van der Waals surface area contributed by atoms with Gasteiger partial charge in [-0.3, -0.25) is 14.9 Å². The third-order valence-electron chi connectivity index (χ3n) is 2.35. The Morgan fingerprint density at radius 1 is 1.53 bits per heavy atom. The predicted molar refractivity (Wildman–Crippen MR) is 63.2 cm³/mol. The van der Waals surface area contributed by atoms with Gasteiger partial charge < -0.3 is 10.1 Å². The van der Waals surface area contributed by atoms with Crippen molar-refractivity contribution in [3.63, 3.8) is 0 Å². The maximum Gasteiger partial charge on any atom is 0.307 e. The van der Waals surface area contributed by atoms with Crippen molar-refractivity contribution in [3.8, 4) is 0 Å². The first-order chi connectivity index (χ1) is 8.95. The van der Waals surface area contributed by atoms with Gasteiger partial charge in [0.2, 0.25) is 0 Å². The Balaban J connectivity index is 2.82. The van der Waals surface area contributed by atoms with E-state index in [1.165, 1.54) is 13.2 Å². The van der Waals surface area contributed by atoms with Gasteiger partial charge in [0.1, 0.15) is 0 Å². The molecule has 0 unspecified atom stereocenters. The number of halogens is 2. The molecule has 0 aliphatic rings. The molecule has 1 rings (SSSR count). The normalized spacial score (nSPS) is 10.3. The van der Waals surface area contributed by atoms with E-state index in [4.69, 9.17) is 0 Å². The Kier molecular flexibility index (Phi) is 5.16. The van der Waals surface area contributed by atoms with Crippen molar-refractivity contribution in [2.24, 2.45) is 0 Å². The van der Waals surface area contributed by atoms with Gasteiger partial charge in [-0.05, 0) is 6.07 Å². The lowest BCUT2D eigenvalue weighted by molar-refractivity contribution is -0.385. The number of carbonyl (C=O) groups is 1. The van der Waals surface area contributed by atoms with Crippen molar-refractivity contribution in [3.05, 3.63) is 33.9 Å². The van der Waals surface area contributed by atoms with Crippen LogP contribution in [0.2, 0.25) is 0 Å². The number of alkyl halides is 2. The molecule has 0 saturated carbocycles. The molecule has 0 spiro atoms. The second-order valence-electron chi connectivity index (χ2n) is 3.58. The van der Waals surface area contributed by atoms with Gasteiger partial charge in [0.15, 0.2) is 0 Å². The van der Waals surface area contributed by atoms with Crippen molar-refractivity contribution in [1.82, 2.24) is 0 Å². The van der Waals surface area contributed by atoms with Crippen molar-refractivity contribution in [2.45, 2.75) is 12.8 Å². The fraction of sp³-hybridized carbons (Fsp3) is 0.364. The fourth-order valence-corrected chi connectivity index (χ4v) is 1.41. The zero-order valence-corrected chi connectivity index (χ0v) is 10.1. The van der Waals surface area contributed by atoms with Crippen LogP contribution in [0.3, 0.4) is 0 Å². The van der Waals surface area contributed by atoms with E-state index < -0.39 is 28.6 Å². The number of esters is 1. The van der Waals surface area contributed by atoms with Crippen LogP contribution >= 0.6 is 0 Å². The summed E-state index contributed by atoms with van der Waals surface area (Å²) in [6.45, 7) is 0.101. The number of nitrogens with zero attached hydrogens (tertiary/aromatic N) is 1. The summed E-state index contributed by atoms with van der Waals surface area (Å²) in [4.78, 5) is 20.6. The third-order valence-corrected chi connectivity index (χ3v) is 2.35. The molecule has 0 atom stereocenters. The molecule has 0 aliphatic heterocycles. The first-order valence-electron chi connectivity index (χ1n) is 5.33. The highest BCUT2D eigenvalue weighted by molar-refractivity contribution is 5.70. The minimum atomic E-state index is -2.85. The van der Waals surface area contributed by atoms with Gasteiger partial charge in [-0.2, -0.15) is 0 Å². The molecular formula is C11H12F2N2O4. The van der Waals surface area contributed by atoms with Crippen molar-refractivity contribution in [2.75, 3.05) is 19.0 Å². The Labute approximate surface area is 107 Å². The molecule has 1 aromatic rings. The number of methoxy groups -OCH3 is 1. The maximum atomic E-state index is 12.8. The van der Waals surface area contributed by atoms with Gasteiger partial charge in [0.25, 0.3) is 12.1 Å². The fourth-order valence-electron chi connectivity index (χ4n) is 1.41. The molecule has 104 valence electrons. The molecule has 1 aromatic carbocycles. The third kappa shape index (κ3) is 4.16. The number of anilines is 1. The van der Waals surface area contributed by atoms with E-state index in [0.717, 1.165) is 12.1 Å². The van der Waals surface area contributed by atoms with Gasteiger partial charge in [0, 0.05) is 29.9 Å². The number of ether oxygens (including phenoxy) is 1. The monoisotopic (exact) mass is 274 g/mol. The summed E-state index contributed by atoms with van der Waals surface area (Å²) in [6.07, 6.45) is -2.84. The lowest BCUT2D eigenvalue weighted by Crippen LogP contribution is -2.11. The standard InChI is InChI=1S/C11H12F2N2O4/c1-19-10(16)4-5-14-9-3-2-7(15(17)18)6-8(9)11(12)13/h2-3,6,11,14H,4-5H2,1H3. The second kappa shape index (κ2) is 6.62. The second-order valence-corrected chi connectivity index (χ2v) is 3.58. The molecule has 1 N–H and O–H groups in total. The van der Waals surface area contributed by atoms with E-state index >= 15 is 0 Å². The lowest BCUT2D eigenvalue weighted by atomic mass is 10.1. The molecule has 0 bridgehead atoms. The highest BCUT2D eigenvalue weighted by Crippen LogP contribution is 2.30. The Bertz CT molecular complexity index is 480. The minimum absolute atomic E-state index is 0.0101. The summed E-state index contributed by atoms with van der Waals surface area (Å²) in [7, 11) is 1.22. The number of nitro benzene ring substituents is 1. The summed E-state index contributed by atoms with van der Waals surface area (Å²) in [5, 5.41) is 13.1. The van der Waals surface area contributed by atoms with Gasteiger partial charge in [-0.1, -0.05) is 0 Å². The number of hydrogen-bond donors (Lipinski definition) is 1. The van der Waals surface area contributed by atoms with E-state index in [9.17, 15) is 23.7 Å². The van der Waals surface area contributed by atoms with Crippen LogP contribution in [0, 0.1) is 10.1 Å². The zero-order chi connectivity index (χ0) is 14.4. The van der Waals surface area contributed by atoms with Gasteiger partial charge in [-0.15, -0.1) is 0 Å². The highest BCUT2D eigenvalue weighted by Gasteiger charge is 2.17. The SMILES string of the molecule is COC(=O)CCNc1ccc([N+](=O)[O-])cc1C(F)F. The molecule has 0 fully saturated rings. The van der Waals surface area contributed by atoms with Crippen LogP contribution in [0.1, 0.15) is 18.4 Å². The number of nitrogens with one attached hydrogen (secondary N) is 1. The van der Waals surface area contributed by atoms with Gasteiger partial charge in [-0.25, -0.2) is 8.78 Å². The van der Waals surface area contributed by atoms with Crippen LogP contribution in [-0.4, -0.2) is 24.5 Å². The quantitative estimate of drug-likeness (QED) is 0.489. The number of benzene rings is 1. The molecule has 0 aliphatic carbocycles. The topological polar surface area (TPSA) is 81.5 Å². The molecule has 0 heterocycles. The number of carbonyl (C=O) groups excluding carboxylic acids is 1. The van der Waals surface area contributed by atoms with Crippen molar-refractivity contribution in [1.29, 1.82) is 0 Å². The summed E-state index contributed by atoms with van der Waals surface area (Å²) in [6, 6.07) is 3.12. The molecule has 8 heteroatoms. The molecule has 0 amide bonds.